The van der Waals surface area contributed by atoms with E-state index in [-0.39, 0.29) is 11.8 Å². The average Bonchev–Trinajstić information content (AvgIpc) is 3.09. The van der Waals surface area contributed by atoms with Crippen LogP contribution in [0.2, 0.25) is 0 Å². The summed E-state index contributed by atoms with van der Waals surface area (Å²) in [7, 11) is 0. The van der Waals surface area contributed by atoms with Crippen LogP contribution in [0.5, 0.6) is 0 Å². The highest BCUT2D eigenvalue weighted by Crippen LogP contribution is 2.25. The lowest BCUT2D eigenvalue weighted by Crippen LogP contribution is -2.41. The number of nitrogens with zero attached hydrogens (tertiary/aromatic N) is 2. The number of nitrogens with two attached hydrogens (primary N) is 1. The number of hydrogen-bond acceptors (Lipinski definition) is 4. The molecule has 25 heavy (non-hydrogen) atoms. The molecule has 6 heteroatoms. The van der Waals surface area contributed by atoms with Crippen LogP contribution in [0.4, 0.5) is 0 Å². The lowest BCUT2D eigenvalue weighted by atomic mass is 9.93. The Hall–Kier alpha value is -2.21. The van der Waals surface area contributed by atoms with Gasteiger partial charge in [0, 0.05) is 30.5 Å². The monoisotopic (exact) mass is 357 g/mol. The van der Waals surface area contributed by atoms with E-state index in [4.69, 9.17) is 5.73 Å². The lowest BCUT2D eigenvalue weighted by Gasteiger charge is -2.32. The fourth-order valence-corrected chi connectivity index (χ4v) is 4.07. The smallest absolute Gasteiger partial charge is 0.228 e. The normalized spacial score (nSPS) is 17.4. The molecule has 5 nitrogen and oxygen atoms in total. The van der Waals surface area contributed by atoms with E-state index < -0.39 is 0 Å². The van der Waals surface area contributed by atoms with Gasteiger partial charge in [-0.3, -0.25) is 9.59 Å². The molecule has 0 spiro atoms. The molecule has 0 radical (unpaired) electrons. The zero-order valence-corrected chi connectivity index (χ0v) is 15.0. The van der Waals surface area contributed by atoms with Crippen LogP contribution in [0.1, 0.15) is 31.4 Å². The summed E-state index contributed by atoms with van der Waals surface area (Å²) in [5, 5.41) is 2.91. The third kappa shape index (κ3) is 4.89. The molecule has 2 heterocycles. The third-order valence-electron chi connectivity index (χ3n) is 4.58. The molecule has 1 aliphatic rings. The van der Waals surface area contributed by atoms with Crippen molar-refractivity contribution in [3.8, 4) is 10.6 Å². The number of aromatic nitrogens is 1. The minimum atomic E-state index is -0.264. The number of primary amides is 1. The van der Waals surface area contributed by atoms with Gasteiger partial charge in [0.05, 0.1) is 12.1 Å². The van der Waals surface area contributed by atoms with E-state index in [0.717, 1.165) is 48.6 Å². The first-order valence-corrected chi connectivity index (χ1v) is 9.55. The molecular formula is C19H23N3O2S. The van der Waals surface area contributed by atoms with Crippen molar-refractivity contribution in [2.45, 2.75) is 32.1 Å². The quantitative estimate of drug-likeness (QED) is 0.864. The van der Waals surface area contributed by atoms with Gasteiger partial charge in [0.25, 0.3) is 0 Å². The average molecular weight is 357 g/mol. The molecule has 2 N–H and O–H groups in total. The molecule has 0 aliphatic carbocycles. The Morgan fingerprint density at radius 3 is 2.84 bits per heavy atom. The Morgan fingerprint density at radius 2 is 2.08 bits per heavy atom. The number of carbonyl (C=O) groups is 2. The fourth-order valence-electron chi connectivity index (χ4n) is 3.24. The molecule has 2 amide bonds. The number of likely N-dealkylation sites (tertiary alicyclic amines) is 1. The number of amides is 2. The number of hydrogen-bond donors (Lipinski definition) is 1. The molecule has 1 fully saturated rings. The number of piperidine rings is 1. The SMILES string of the molecule is NC(=O)CCC1CCCN(C(=O)Cc2csc(-c3ccccc3)n2)C1. The fraction of sp³-hybridized carbons (Fsp3) is 0.421. The van der Waals surface area contributed by atoms with E-state index >= 15 is 0 Å². The zero-order chi connectivity index (χ0) is 17.6. The Bertz CT molecular complexity index is 729. The predicted molar refractivity (Wildman–Crippen MR) is 99.0 cm³/mol. The minimum Gasteiger partial charge on any atom is -0.370 e. The van der Waals surface area contributed by atoms with Crippen molar-refractivity contribution in [3.63, 3.8) is 0 Å². The number of thiazole rings is 1. The van der Waals surface area contributed by atoms with Crippen LogP contribution in [0, 0.1) is 5.92 Å². The Kier molecular flexibility index (Phi) is 5.81. The van der Waals surface area contributed by atoms with Crippen LogP contribution in [0.25, 0.3) is 10.6 Å². The van der Waals surface area contributed by atoms with Crippen molar-refractivity contribution in [2.24, 2.45) is 11.7 Å². The largest absolute Gasteiger partial charge is 0.370 e. The van der Waals surface area contributed by atoms with Crippen LogP contribution < -0.4 is 5.73 Å². The zero-order valence-electron chi connectivity index (χ0n) is 14.2. The van der Waals surface area contributed by atoms with Crippen LogP contribution >= 0.6 is 11.3 Å². The van der Waals surface area contributed by atoms with Gasteiger partial charge in [-0.05, 0) is 25.2 Å². The van der Waals surface area contributed by atoms with Gasteiger partial charge in [-0.15, -0.1) is 11.3 Å². The number of rotatable bonds is 6. The van der Waals surface area contributed by atoms with Crippen molar-refractivity contribution in [2.75, 3.05) is 13.1 Å². The summed E-state index contributed by atoms with van der Waals surface area (Å²) < 4.78 is 0. The summed E-state index contributed by atoms with van der Waals surface area (Å²) in [6.45, 7) is 1.52. The van der Waals surface area contributed by atoms with Crippen molar-refractivity contribution < 1.29 is 9.59 Å². The van der Waals surface area contributed by atoms with Gasteiger partial charge in [0.2, 0.25) is 11.8 Å². The summed E-state index contributed by atoms with van der Waals surface area (Å²) in [5.74, 6) is 0.230. The van der Waals surface area contributed by atoms with E-state index in [1.165, 1.54) is 0 Å². The highest BCUT2D eigenvalue weighted by Gasteiger charge is 2.24. The third-order valence-corrected chi connectivity index (χ3v) is 5.52. The summed E-state index contributed by atoms with van der Waals surface area (Å²) >= 11 is 1.57. The van der Waals surface area contributed by atoms with Gasteiger partial charge in [-0.25, -0.2) is 4.98 Å². The summed E-state index contributed by atoms with van der Waals surface area (Å²) in [5.41, 5.74) is 7.14. The molecule has 1 aromatic carbocycles. The Morgan fingerprint density at radius 1 is 1.28 bits per heavy atom. The molecule has 0 bridgehead atoms. The topological polar surface area (TPSA) is 76.3 Å². The van der Waals surface area contributed by atoms with E-state index in [9.17, 15) is 9.59 Å². The first kappa shape index (κ1) is 17.6. The summed E-state index contributed by atoms with van der Waals surface area (Å²) in [4.78, 5) is 30.1. The van der Waals surface area contributed by atoms with Crippen molar-refractivity contribution in [1.29, 1.82) is 0 Å². The molecule has 0 saturated carbocycles. The molecule has 2 aromatic rings. The van der Waals surface area contributed by atoms with Crippen LogP contribution in [-0.4, -0.2) is 34.8 Å². The maximum Gasteiger partial charge on any atom is 0.228 e. The molecular weight excluding hydrogens is 334 g/mol. The highest BCUT2D eigenvalue weighted by molar-refractivity contribution is 7.13. The predicted octanol–water partition coefficient (Wildman–Crippen LogP) is 2.86. The number of carbonyl (C=O) groups excluding carboxylic acids is 2. The molecule has 1 aromatic heterocycles. The van der Waals surface area contributed by atoms with Crippen molar-refractivity contribution >= 4 is 23.2 Å². The Balaban J connectivity index is 1.57. The molecule has 132 valence electrons. The van der Waals surface area contributed by atoms with Gasteiger partial charge in [0.1, 0.15) is 5.01 Å². The summed E-state index contributed by atoms with van der Waals surface area (Å²) in [6.07, 6.45) is 3.56. The van der Waals surface area contributed by atoms with Gasteiger partial charge < -0.3 is 10.6 Å². The second kappa shape index (κ2) is 8.25. The van der Waals surface area contributed by atoms with Gasteiger partial charge in [-0.2, -0.15) is 0 Å². The van der Waals surface area contributed by atoms with Crippen LogP contribution in [-0.2, 0) is 16.0 Å². The second-order valence-corrected chi connectivity index (χ2v) is 7.40. The highest BCUT2D eigenvalue weighted by atomic mass is 32.1. The van der Waals surface area contributed by atoms with Gasteiger partial charge in [0.15, 0.2) is 0 Å². The molecule has 1 unspecified atom stereocenters. The maximum atomic E-state index is 12.6. The van der Waals surface area contributed by atoms with Crippen LogP contribution in [0.3, 0.4) is 0 Å². The van der Waals surface area contributed by atoms with E-state index in [1.54, 1.807) is 11.3 Å². The van der Waals surface area contributed by atoms with Gasteiger partial charge >= 0.3 is 0 Å². The first-order valence-electron chi connectivity index (χ1n) is 8.67. The second-order valence-electron chi connectivity index (χ2n) is 6.54. The van der Waals surface area contributed by atoms with Crippen molar-refractivity contribution in [1.82, 2.24) is 9.88 Å². The molecule has 1 saturated heterocycles. The Labute approximate surface area is 151 Å². The van der Waals surface area contributed by atoms with E-state index in [0.29, 0.717) is 18.8 Å². The van der Waals surface area contributed by atoms with Crippen molar-refractivity contribution in [3.05, 3.63) is 41.4 Å². The number of benzene rings is 1. The van der Waals surface area contributed by atoms with E-state index in [1.807, 2.05) is 40.6 Å². The molecule has 1 aliphatic heterocycles. The van der Waals surface area contributed by atoms with Crippen LogP contribution in [0.15, 0.2) is 35.7 Å². The standard InChI is InChI=1S/C19H23N3O2S/c20-17(23)9-8-14-5-4-10-22(12-14)18(24)11-16-13-25-19(21-16)15-6-2-1-3-7-15/h1-3,6-7,13-14H,4-5,8-12H2,(H2,20,23). The summed E-state index contributed by atoms with van der Waals surface area (Å²) in [6, 6.07) is 10.0. The molecule has 3 rings (SSSR count). The van der Waals surface area contributed by atoms with Gasteiger partial charge in [-0.1, -0.05) is 30.3 Å². The maximum absolute atomic E-state index is 12.6. The first-order chi connectivity index (χ1) is 12.1. The van der Waals surface area contributed by atoms with E-state index in [2.05, 4.69) is 4.98 Å². The molecule has 1 atom stereocenters. The lowest BCUT2D eigenvalue weighted by molar-refractivity contribution is -0.132. The minimum absolute atomic E-state index is 0.119.